The van der Waals surface area contributed by atoms with Crippen molar-refractivity contribution in [1.29, 1.82) is 0 Å². The molecule has 0 spiro atoms. The number of amides is 3. The molecule has 0 radical (unpaired) electrons. The van der Waals surface area contributed by atoms with Crippen LogP contribution < -0.4 is 10.7 Å². The van der Waals surface area contributed by atoms with Crippen molar-refractivity contribution in [2.24, 2.45) is 10.9 Å². The molecule has 2 N–H and O–H groups in total. The van der Waals surface area contributed by atoms with Gasteiger partial charge < -0.3 is 5.84 Å². The molecule has 0 bridgehead atoms. The molecule has 1 aliphatic rings. The van der Waals surface area contributed by atoms with E-state index in [2.05, 4.69) is 5.10 Å². The summed E-state index contributed by atoms with van der Waals surface area (Å²) >= 11 is 6.07. The zero-order valence-electron chi connectivity index (χ0n) is 17.4. The molecule has 170 valence electrons. The second kappa shape index (κ2) is 9.24. The molecule has 0 saturated carbocycles. The lowest BCUT2D eigenvalue weighted by Gasteiger charge is -2.23. The van der Waals surface area contributed by atoms with Crippen LogP contribution in [0.3, 0.4) is 0 Å². The van der Waals surface area contributed by atoms with Crippen molar-refractivity contribution >= 4 is 47.1 Å². The van der Waals surface area contributed by atoms with Crippen molar-refractivity contribution in [2.75, 3.05) is 11.4 Å². The SMILES string of the molecule is NN=CN(C(=O)CN1C(=O)c2ccccc2C1=O)c1ccc(Cl)cc1C(=O)c1ccccc1F. The molecule has 0 atom stereocenters. The van der Waals surface area contributed by atoms with Gasteiger partial charge in [0.1, 0.15) is 18.7 Å². The summed E-state index contributed by atoms with van der Waals surface area (Å²) in [4.78, 5) is 53.4. The van der Waals surface area contributed by atoms with Crippen LogP contribution >= 0.6 is 11.6 Å². The molecule has 34 heavy (non-hydrogen) atoms. The zero-order valence-corrected chi connectivity index (χ0v) is 18.2. The third-order valence-corrected chi connectivity index (χ3v) is 5.44. The Balaban J connectivity index is 1.70. The molecule has 8 nitrogen and oxygen atoms in total. The van der Waals surface area contributed by atoms with Crippen LogP contribution in [0.15, 0.2) is 71.8 Å². The molecule has 0 aromatic heterocycles. The molecule has 3 amide bonds. The molecule has 4 rings (SSSR count). The molecular weight excluding hydrogens is 463 g/mol. The highest BCUT2D eigenvalue weighted by molar-refractivity contribution is 6.32. The third kappa shape index (κ3) is 4.04. The van der Waals surface area contributed by atoms with Gasteiger partial charge in [-0.25, -0.2) is 4.39 Å². The van der Waals surface area contributed by atoms with Crippen LogP contribution in [0.25, 0.3) is 0 Å². The van der Waals surface area contributed by atoms with Gasteiger partial charge in [0, 0.05) is 10.6 Å². The molecule has 3 aromatic carbocycles. The van der Waals surface area contributed by atoms with Crippen LogP contribution in [0.4, 0.5) is 10.1 Å². The largest absolute Gasteiger partial charge is 0.322 e. The summed E-state index contributed by atoms with van der Waals surface area (Å²) in [5.41, 5.74) is 0.0210. The second-order valence-corrected chi connectivity index (χ2v) is 7.68. The molecule has 3 aromatic rings. The molecule has 0 unspecified atom stereocenters. The number of nitrogens with zero attached hydrogens (tertiary/aromatic N) is 3. The van der Waals surface area contributed by atoms with E-state index in [1.54, 1.807) is 12.1 Å². The maximum absolute atomic E-state index is 14.3. The predicted octanol–water partition coefficient (Wildman–Crippen LogP) is 3.24. The highest BCUT2D eigenvalue weighted by atomic mass is 35.5. The van der Waals surface area contributed by atoms with Gasteiger partial charge in [-0.3, -0.25) is 29.0 Å². The van der Waals surface area contributed by atoms with E-state index >= 15 is 0 Å². The highest BCUT2D eigenvalue weighted by Crippen LogP contribution is 2.28. The molecule has 1 heterocycles. The maximum Gasteiger partial charge on any atom is 0.262 e. The van der Waals surface area contributed by atoms with Crippen molar-refractivity contribution in [1.82, 2.24) is 4.90 Å². The van der Waals surface area contributed by atoms with E-state index in [0.29, 0.717) is 0 Å². The Morgan fingerprint density at radius 3 is 2.21 bits per heavy atom. The lowest BCUT2D eigenvalue weighted by Crippen LogP contribution is -2.43. The van der Waals surface area contributed by atoms with Gasteiger partial charge in [0.25, 0.3) is 17.7 Å². The Bertz CT molecular complexity index is 1340. The fourth-order valence-corrected chi connectivity index (χ4v) is 3.78. The summed E-state index contributed by atoms with van der Waals surface area (Å²) < 4.78 is 14.3. The van der Waals surface area contributed by atoms with Crippen molar-refractivity contribution in [3.63, 3.8) is 0 Å². The molecular formula is C24H16ClFN4O4. The van der Waals surface area contributed by atoms with Crippen LogP contribution in [0, 0.1) is 5.82 Å². The Morgan fingerprint density at radius 1 is 0.971 bits per heavy atom. The summed E-state index contributed by atoms with van der Waals surface area (Å²) in [6, 6.07) is 15.6. The van der Waals surface area contributed by atoms with E-state index in [9.17, 15) is 23.6 Å². The van der Waals surface area contributed by atoms with Crippen LogP contribution in [-0.4, -0.2) is 41.3 Å². The first-order chi connectivity index (χ1) is 16.3. The van der Waals surface area contributed by atoms with Gasteiger partial charge in [-0.05, 0) is 42.5 Å². The molecule has 0 saturated heterocycles. The number of anilines is 1. The number of imide groups is 1. The highest BCUT2D eigenvalue weighted by Gasteiger charge is 2.37. The maximum atomic E-state index is 14.3. The molecule has 10 heteroatoms. The Morgan fingerprint density at radius 2 is 1.59 bits per heavy atom. The van der Waals surface area contributed by atoms with Crippen molar-refractivity contribution in [3.8, 4) is 0 Å². The van der Waals surface area contributed by atoms with Crippen molar-refractivity contribution in [3.05, 3.63) is 99.8 Å². The van der Waals surface area contributed by atoms with Gasteiger partial charge in [-0.15, -0.1) is 0 Å². The Hall–Kier alpha value is -4.37. The first-order valence-corrected chi connectivity index (χ1v) is 10.3. The number of hydrogen-bond donors (Lipinski definition) is 1. The van der Waals surface area contributed by atoms with Crippen LogP contribution in [0.1, 0.15) is 36.6 Å². The molecule has 0 fully saturated rings. The zero-order chi connectivity index (χ0) is 24.4. The average molecular weight is 479 g/mol. The van der Waals surface area contributed by atoms with Crippen LogP contribution in [-0.2, 0) is 4.79 Å². The number of benzene rings is 3. The topological polar surface area (TPSA) is 113 Å². The van der Waals surface area contributed by atoms with E-state index in [1.807, 2.05) is 0 Å². The van der Waals surface area contributed by atoms with Crippen LogP contribution in [0.5, 0.6) is 0 Å². The lowest BCUT2D eigenvalue weighted by atomic mass is 10.0. The number of fused-ring (bicyclic) bond motifs is 1. The quantitative estimate of drug-likeness (QED) is 0.146. The standard InChI is InChI=1S/C24H16ClFN4O4/c25-14-9-10-20(18(11-14)22(32)17-7-3-4-8-19(17)26)30(13-28-27)21(31)12-29-23(33)15-5-1-2-6-16(15)24(29)34/h1-11,13H,12,27H2. The first kappa shape index (κ1) is 22.8. The van der Waals surface area contributed by atoms with Gasteiger partial charge in [0.15, 0.2) is 5.78 Å². The van der Waals surface area contributed by atoms with Gasteiger partial charge in [0.05, 0.1) is 22.4 Å². The summed E-state index contributed by atoms with van der Waals surface area (Å²) in [7, 11) is 0. The summed E-state index contributed by atoms with van der Waals surface area (Å²) in [6.07, 6.45) is 0.932. The second-order valence-electron chi connectivity index (χ2n) is 7.24. The minimum atomic E-state index is -0.784. The average Bonchev–Trinajstić information content (AvgIpc) is 3.07. The normalized spacial score (nSPS) is 12.8. The summed E-state index contributed by atoms with van der Waals surface area (Å²) in [5.74, 6) is 1.75. The van der Waals surface area contributed by atoms with Gasteiger partial charge in [0.2, 0.25) is 0 Å². The number of nitrogens with two attached hydrogens (primary N) is 1. The molecule has 1 aliphatic heterocycles. The van der Waals surface area contributed by atoms with E-state index < -0.39 is 35.9 Å². The van der Waals surface area contributed by atoms with Gasteiger partial charge in [-0.2, -0.15) is 5.10 Å². The number of hydrogen-bond acceptors (Lipinski definition) is 6. The molecule has 0 aliphatic carbocycles. The number of rotatable bonds is 6. The van der Waals surface area contributed by atoms with Crippen molar-refractivity contribution in [2.45, 2.75) is 0 Å². The minimum absolute atomic E-state index is 0.00605. The number of carbonyl (C=O) groups excluding carboxylic acids is 4. The number of hydrazone groups is 1. The fraction of sp³-hybridized carbons (Fsp3) is 0.0417. The van der Waals surface area contributed by atoms with E-state index in [-0.39, 0.29) is 33.0 Å². The number of ketones is 1. The fourth-order valence-electron chi connectivity index (χ4n) is 3.61. The van der Waals surface area contributed by atoms with E-state index in [0.717, 1.165) is 22.2 Å². The predicted molar refractivity (Wildman–Crippen MR) is 123 cm³/mol. The van der Waals surface area contributed by atoms with Gasteiger partial charge >= 0.3 is 0 Å². The number of halogens is 2. The van der Waals surface area contributed by atoms with E-state index in [1.165, 1.54) is 48.5 Å². The van der Waals surface area contributed by atoms with Crippen molar-refractivity contribution < 1.29 is 23.6 Å². The smallest absolute Gasteiger partial charge is 0.262 e. The lowest BCUT2D eigenvalue weighted by molar-refractivity contribution is -0.118. The number of carbonyl (C=O) groups is 4. The third-order valence-electron chi connectivity index (χ3n) is 5.20. The summed E-state index contributed by atoms with van der Waals surface area (Å²) in [6.45, 7) is -0.645. The van der Waals surface area contributed by atoms with E-state index in [4.69, 9.17) is 17.4 Å². The summed E-state index contributed by atoms with van der Waals surface area (Å²) in [5, 5.41) is 3.54. The minimum Gasteiger partial charge on any atom is -0.322 e. The Labute approximate surface area is 198 Å². The van der Waals surface area contributed by atoms with Gasteiger partial charge in [-0.1, -0.05) is 35.9 Å². The Kier molecular flexibility index (Phi) is 6.20. The monoisotopic (exact) mass is 478 g/mol. The first-order valence-electron chi connectivity index (χ1n) is 9.93. The van der Waals surface area contributed by atoms with Crippen LogP contribution in [0.2, 0.25) is 5.02 Å².